The van der Waals surface area contributed by atoms with Gasteiger partial charge in [-0.25, -0.2) is 9.18 Å². The molecular formula is C9H14FN3O2. The van der Waals surface area contributed by atoms with Gasteiger partial charge in [0.15, 0.2) is 5.69 Å². The molecule has 1 heterocycles. The third kappa shape index (κ3) is 2.53. The quantitative estimate of drug-likeness (QED) is 0.745. The molecule has 0 radical (unpaired) electrons. The van der Waals surface area contributed by atoms with E-state index in [1.165, 1.54) is 17.9 Å². The van der Waals surface area contributed by atoms with Gasteiger partial charge in [-0.1, -0.05) is 0 Å². The van der Waals surface area contributed by atoms with Crippen LogP contribution in [0.5, 0.6) is 0 Å². The van der Waals surface area contributed by atoms with Crippen molar-refractivity contribution < 1.29 is 13.9 Å². The molecule has 0 amide bonds. The summed E-state index contributed by atoms with van der Waals surface area (Å²) in [6.45, 7) is 0.250. The summed E-state index contributed by atoms with van der Waals surface area (Å²) >= 11 is 0. The van der Waals surface area contributed by atoms with Crippen molar-refractivity contribution >= 4 is 5.97 Å². The minimum absolute atomic E-state index is 0.106. The van der Waals surface area contributed by atoms with E-state index in [1.54, 1.807) is 7.05 Å². The van der Waals surface area contributed by atoms with E-state index in [4.69, 9.17) is 5.73 Å². The number of nitrogens with zero attached hydrogens (tertiary/aromatic N) is 2. The second-order valence-corrected chi connectivity index (χ2v) is 3.11. The largest absolute Gasteiger partial charge is 0.464 e. The van der Waals surface area contributed by atoms with Crippen LogP contribution in [0.3, 0.4) is 0 Å². The monoisotopic (exact) mass is 215 g/mol. The van der Waals surface area contributed by atoms with Crippen molar-refractivity contribution in [1.82, 2.24) is 9.78 Å². The van der Waals surface area contributed by atoms with E-state index in [1.807, 2.05) is 0 Å². The summed E-state index contributed by atoms with van der Waals surface area (Å²) in [5, 5.41) is 3.85. The standard InChI is InChI=1S/C9H14FN3O2/c1-13-8(6(10)3-4-11)5-7(12-13)9(14)15-2/h5-6H,3-4,11H2,1-2H3. The van der Waals surface area contributed by atoms with Crippen molar-refractivity contribution in [3.8, 4) is 0 Å². The Bertz CT molecular complexity index is 351. The number of carbonyl (C=O) groups is 1. The van der Waals surface area contributed by atoms with Crippen molar-refractivity contribution in [1.29, 1.82) is 0 Å². The van der Waals surface area contributed by atoms with Crippen LogP contribution in [-0.2, 0) is 11.8 Å². The van der Waals surface area contributed by atoms with Crippen LogP contribution in [0.1, 0.15) is 28.8 Å². The zero-order valence-electron chi connectivity index (χ0n) is 8.74. The predicted molar refractivity (Wildman–Crippen MR) is 52.1 cm³/mol. The number of alkyl halides is 1. The van der Waals surface area contributed by atoms with Crippen molar-refractivity contribution in [2.75, 3.05) is 13.7 Å². The Balaban J connectivity index is 2.90. The molecule has 0 aliphatic carbocycles. The van der Waals surface area contributed by atoms with Gasteiger partial charge in [-0.05, 0) is 19.0 Å². The van der Waals surface area contributed by atoms with E-state index in [0.29, 0.717) is 5.69 Å². The van der Waals surface area contributed by atoms with Crippen molar-refractivity contribution in [2.45, 2.75) is 12.6 Å². The molecule has 0 bridgehead atoms. The summed E-state index contributed by atoms with van der Waals surface area (Å²) in [6, 6.07) is 1.38. The Morgan fingerprint density at radius 3 is 3.00 bits per heavy atom. The zero-order valence-corrected chi connectivity index (χ0v) is 8.74. The number of halogens is 1. The lowest BCUT2D eigenvalue weighted by Crippen LogP contribution is -2.07. The highest BCUT2D eigenvalue weighted by Gasteiger charge is 2.18. The van der Waals surface area contributed by atoms with Gasteiger partial charge in [0.2, 0.25) is 0 Å². The van der Waals surface area contributed by atoms with Crippen molar-refractivity contribution in [2.24, 2.45) is 12.8 Å². The summed E-state index contributed by atoms with van der Waals surface area (Å²) in [4.78, 5) is 11.1. The molecule has 1 atom stereocenters. The summed E-state index contributed by atoms with van der Waals surface area (Å²) in [5.74, 6) is -0.572. The normalized spacial score (nSPS) is 12.5. The van der Waals surface area contributed by atoms with E-state index in [-0.39, 0.29) is 18.7 Å². The minimum atomic E-state index is -1.20. The average molecular weight is 215 g/mol. The first-order chi connectivity index (χ1) is 7.10. The molecule has 2 N–H and O–H groups in total. The average Bonchev–Trinajstić information content (AvgIpc) is 2.59. The number of carbonyl (C=O) groups excluding carboxylic acids is 1. The Hall–Kier alpha value is -1.43. The highest BCUT2D eigenvalue weighted by Crippen LogP contribution is 2.20. The van der Waals surface area contributed by atoms with Crippen LogP contribution >= 0.6 is 0 Å². The fourth-order valence-electron chi connectivity index (χ4n) is 1.27. The van der Waals surface area contributed by atoms with Crippen LogP contribution in [0.4, 0.5) is 4.39 Å². The topological polar surface area (TPSA) is 70.1 Å². The first-order valence-electron chi connectivity index (χ1n) is 4.56. The number of aryl methyl sites for hydroxylation is 1. The van der Waals surface area contributed by atoms with Crippen LogP contribution in [0.15, 0.2) is 6.07 Å². The third-order valence-electron chi connectivity index (χ3n) is 2.05. The van der Waals surface area contributed by atoms with Gasteiger partial charge in [-0.15, -0.1) is 0 Å². The van der Waals surface area contributed by atoms with Gasteiger partial charge in [0.1, 0.15) is 6.17 Å². The fourth-order valence-corrected chi connectivity index (χ4v) is 1.27. The first kappa shape index (κ1) is 11.6. The number of nitrogens with two attached hydrogens (primary N) is 1. The van der Waals surface area contributed by atoms with E-state index in [2.05, 4.69) is 9.84 Å². The predicted octanol–water partition coefficient (Wildman–Crippen LogP) is 0.566. The molecule has 0 aliphatic heterocycles. The molecule has 0 fully saturated rings. The van der Waals surface area contributed by atoms with Crippen LogP contribution in [0.2, 0.25) is 0 Å². The molecule has 84 valence electrons. The lowest BCUT2D eigenvalue weighted by Gasteiger charge is -2.05. The fraction of sp³-hybridized carbons (Fsp3) is 0.556. The molecule has 0 saturated carbocycles. The number of hydrogen-bond acceptors (Lipinski definition) is 4. The molecule has 1 rings (SSSR count). The molecule has 0 aromatic carbocycles. The maximum absolute atomic E-state index is 13.5. The number of hydrogen-bond donors (Lipinski definition) is 1. The van der Waals surface area contributed by atoms with Crippen LogP contribution in [-0.4, -0.2) is 29.4 Å². The summed E-state index contributed by atoms with van der Waals surface area (Å²) in [7, 11) is 2.83. The van der Waals surface area contributed by atoms with Crippen LogP contribution < -0.4 is 5.73 Å². The second-order valence-electron chi connectivity index (χ2n) is 3.11. The zero-order chi connectivity index (χ0) is 11.4. The van der Waals surface area contributed by atoms with Gasteiger partial charge in [0.05, 0.1) is 12.8 Å². The lowest BCUT2D eigenvalue weighted by atomic mass is 10.2. The lowest BCUT2D eigenvalue weighted by molar-refractivity contribution is 0.0593. The molecule has 0 spiro atoms. The Kier molecular flexibility index (Phi) is 3.79. The first-order valence-corrected chi connectivity index (χ1v) is 4.56. The number of aromatic nitrogens is 2. The number of esters is 1. The SMILES string of the molecule is COC(=O)c1cc(C(F)CCN)n(C)n1. The maximum Gasteiger partial charge on any atom is 0.358 e. The second kappa shape index (κ2) is 4.88. The van der Waals surface area contributed by atoms with E-state index in [9.17, 15) is 9.18 Å². The van der Waals surface area contributed by atoms with Gasteiger partial charge < -0.3 is 10.5 Å². The Morgan fingerprint density at radius 1 is 1.80 bits per heavy atom. The number of rotatable bonds is 4. The molecule has 5 nitrogen and oxygen atoms in total. The maximum atomic E-state index is 13.5. The van der Waals surface area contributed by atoms with E-state index < -0.39 is 12.1 Å². The molecule has 0 aliphatic rings. The molecule has 1 unspecified atom stereocenters. The van der Waals surface area contributed by atoms with Crippen molar-refractivity contribution in [3.63, 3.8) is 0 Å². The molecule has 6 heteroatoms. The van der Waals surface area contributed by atoms with Crippen LogP contribution in [0.25, 0.3) is 0 Å². The highest BCUT2D eigenvalue weighted by molar-refractivity contribution is 5.87. The van der Waals surface area contributed by atoms with Crippen LogP contribution in [0, 0.1) is 0 Å². The van der Waals surface area contributed by atoms with Gasteiger partial charge in [-0.3, -0.25) is 4.68 Å². The van der Waals surface area contributed by atoms with E-state index >= 15 is 0 Å². The van der Waals surface area contributed by atoms with Gasteiger partial charge in [0.25, 0.3) is 0 Å². The highest BCUT2D eigenvalue weighted by atomic mass is 19.1. The van der Waals surface area contributed by atoms with Gasteiger partial charge >= 0.3 is 5.97 Å². The minimum Gasteiger partial charge on any atom is -0.464 e. The number of ether oxygens (including phenoxy) is 1. The van der Waals surface area contributed by atoms with Crippen molar-refractivity contribution in [3.05, 3.63) is 17.5 Å². The third-order valence-corrected chi connectivity index (χ3v) is 2.05. The Morgan fingerprint density at radius 2 is 2.47 bits per heavy atom. The number of methoxy groups -OCH3 is 1. The summed E-state index contributed by atoms with van der Waals surface area (Å²) in [6.07, 6.45) is -0.994. The van der Waals surface area contributed by atoms with E-state index in [0.717, 1.165) is 0 Å². The van der Waals surface area contributed by atoms with Gasteiger partial charge in [-0.2, -0.15) is 5.10 Å². The van der Waals surface area contributed by atoms with Gasteiger partial charge in [0, 0.05) is 7.05 Å². The molecule has 1 aromatic heterocycles. The molecule has 0 saturated heterocycles. The summed E-state index contributed by atoms with van der Waals surface area (Å²) in [5.41, 5.74) is 5.69. The Labute approximate surface area is 87.0 Å². The molecule has 15 heavy (non-hydrogen) atoms. The molecule has 1 aromatic rings. The smallest absolute Gasteiger partial charge is 0.358 e. The summed E-state index contributed by atoms with van der Waals surface area (Å²) < 4.78 is 19.3. The molecular weight excluding hydrogens is 201 g/mol.